The lowest BCUT2D eigenvalue weighted by atomic mass is 10.1. The zero-order valence-electron chi connectivity index (χ0n) is 12.6. The summed E-state index contributed by atoms with van der Waals surface area (Å²) in [6, 6.07) is 10.6. The van der Waals surface area contributed by atoms with E-state index in [9.17, 15) is 4.79 Å². The maximum Gasteiger partial charge on any atom is 0.241 e. The van der Waals surface area contributed by atoms with E-state index < -0.39 is 0 Å². The van der Waals surface area contributed by atoms with Crippen molar-refractivity contribution in [1.29, 1.82) is 0 Å². The standard InChI is InChI=1S/C16H21N5O/c22-16(11-21-13-17-12-19-21)18-10-15(20-8-4-5-9-20)14-6-2-1-3-7-14/h1-3,6-7,12-13,15H,4-5,8-11H2,(H,18,22)/t15-/m0/s1. The van der Waals surface area contributed by atoms with Crippen LogP contribution in [0.2, 0.25) is 0 Å². The summed E-state index contributed by atoms with van der Waals surface area (Å²) in [5, 5.41) is 6.98. The lowest BCUT2D eigenvalue weighted by molar-refractivity contribution is -0.122. The Labute approximate surface area is 130 Å². The first kappa shape index (κ1) is 14.7. The van der Waals surface area contributed by atoms with Crippen LogP contribution in [-0.4, -0.2) is 45.2 Å². The summed E-state index contributed by atoms with van der Waals surface area (Å²) in [7, 11) is 0. The average molecular weight is 299 g/mol. The van der Waals surface area contributed by atoms with E-state index in [0.29, 0.717) is 6.54 Å². The Kier molecular flexibility index (Phi) is 4.80. The van der Waals surface area contributed by atoms with Crippen LogP contribution >= 0.6 is 0 Å². The number of hydrogen-bond donors (Lipinski definition) is 1. The average Bonchev–Trinajstić information content (AvgIpc) is 3.22. The third-order valence-electron chi connectivity index (χ3n) is 4.03. The van der Waals surface area contributed by atoms with Crippen LogP contribution < -0.4 is 5.32 Å². The molecule has 0 radical (unpaired) electrons. The number of nitrogens with zero attached hydrogens (tertiary/aromatic N) is 4. The van der Waals surface area contributed by atoms with Gasteiger partial charge in [0.1, 0.15) is 19.2 Å². The van der Waals surface area contributed by atoms with Crippen LogP contribution in [0.15, 0.2) is 43.0 Å². The predicted octanol–water partition coefficient (Wildman–Crippen LogP) is 1.23. The first-order valence-electron chi connectivity index (χ1n) is 7.71. The second-order valence-corrected chi connectivity index (χ2v) is 5.57. The van der Waals surface area contributed by atoms with Crippen LogP contribution in [-0.2, 0) is 11.3 Å². The lowest BCUT2D eigenvalue weighted by Gasteiger charge is -2.28. The van der Waals surface area contributed by atoms with Crippen LogP contribution in [0.3, 0.4) is 0 Å². The Balaban J connectivity index is 1.61. The number of carbonyl (C=O) groups excluding carboxylic acids is 1. The molecule has 1 amide bonds. The molecule has 1 aromatic heterocycles. The molecular weight excluding hydrogens is 278 g/mol. The number of likely N-dealkylation sites (tertiary alicyclic amines) is 1. The third-order valence-corrected chi connectivity index (χ3v) is 4.03. The number of amides is 1. The molecule has 2 aromatic rings. The fourth-order valence-corrected chi connectivity index (χ4v) is 2.91. The molecule has 1 aliphatic heterocycles. The molecule has 1 fully saturated rings. The van der Waals surface area contributed by atoms with Gasteiger partial charge in [-0.05, 0) is 31.5 Å². The molecule has 22 heavy (non-hydrogen) atoms. The van der Waals surface area contributed by atoms with Crippen molar-refractivity contribution in [2.24, 2.45) is 0 Å². The molecule has 0 aliphatic carbocycles. The highest BCUT2D eigenvalue weighted by Crippen LogP contribution is 2.24. The normalized spacial score (nSPS) is 16.5. The molecule has 0 spiro atoms. The molecule has 0 bridgehead atoms. The van der Waals surface area contributed by atoms with E-state index in [-0.39, 0.29) is 18.5 Å². The monoisotopic (exact) mass is 299 g/mol. The highest BCUT2D eigenvalue weighted by Gasteiger charge is 2.23. The fourth-order valence-electron chi connectivity index (χ4n) is 2.91. The molecule has 116 valence electrons. The first-order chi connectivity index (χ1) is 10.8. The number of carbonyl (C=O) groups is 1. The van der Waals surface area contributed by atoms with Crippen molar-refractivity contribution in [2.45, 2.75) is 25.4 Å². The molecule has 6 nitrogen and oxygen atoms in total. The summed E-state index contributed by atoms with van der Waals surface area (Å²) >= 11 is 0. The van der Waals surface area contributed by atoms with Crippen LogP contribution in [0.5, 0.6) is 0 Å². The minimum absolute atomic E-state index is 0.0365. The smallest absolute Gasteiger partial charge is 0.241 e. The maximum atomic E-state index is 12.0. The van der Waals surface area contributed by atoms with E-state index in [2.05, 4.69) is 44.6 Å². The van der Waals surface area contributed by atoms with E-state index in [1.165, 1.54) is 29.4 Å². The molecule has 1 aromatic carbocycles. The van der Waals surface area contributed by atoms with Gasteiger partial charge in [-0.3, -0.25) is 9.69 Å². The van der Waals surface area contributed by atoms with Gasteiger partial charge < -0.3 is 5.32 Å². The van der Waals surface area contributed by atoms with Crippen LogP contribution in [0.4, 0.5) is 0 Å². The molecule has 3 rings (SSSR count). The van der Waals surface area contributed by atoms with Gasteiger partial charge in [-0.25, -0.2) is 9.67 Å². The Hall–Kier alpha value is -2.21. The SMILES string of the molecule is O=C(Cn1cncn1)NC[C@@H](c1ccccc1)N1CCCC1. The van der Waals surface area contributed by atoms with Gasteiger partial charge in [-0.15, -0.1) is 0 Å². The minimum Gasteiger partial charge on any atom is -0.353 e. The van der Waals surface area contributed by atoms with Gasteiger partial charge in [0.05, 0.1) is 6.04 Å². The molecule has 0 unspecified atom stereocenters. The molecule has 1 N–H and O–H groups in total. The van der Waals surface area contributed by atoms with Gasteiger partial charge in [-0.2, -0.15) is 5.10 Å². The Bertz CT molecular complexity index is 578. The molecule has 1 aliphatic rings. The van der Waals surface area contributed by atoms with Crippen molar-refractivity contribution in [3.05, 3.63) is 48.5 Å². The highest BCUT2D eigenvalue weighted by molar-refractivity contribution is 5.75. The highest BCUT2D eigenvalue weighted by atomic mass is 16.2. The summed E-state index contributed by atoms with van der Waals surface area (Å²) in [6.07, 6.45) is 5.45. The van der Waals surface area contributed by atoms with Crippen LogP contribution in [0.1, 0.15) is 24.4 Å². The maximum absolute atomic E-state index is 12.0. The van der Waals surface area contributed by atoms with E-state index in [1.54, 1.807) is 6.33 Å². The largest absolute Gasteiger partial charge is 0.353 e. The van der Waals surface area contributed by atoms with Gasteiger partial charge in [0, 0.05) is 6.54 Å². The summed E-state index contributed by atoms with van der Waals surface area (Å²) in [5.74, 6) is -0.0365. The Morgan fingerprint density at radius 3 is 2.68 bits per heavy atom. The zero-order chi connectivity index (χ0) is 15.2. The summed E-state index contributed by atoms with van der Waals surface area (Å²) < 4.78 is 1.53. The van der Waals surface area contributed by atoms with E-state index in [1.807, 2.05) is 6.07 Å². The third kappa shape index (κ3) is 3.71. The second-order valence-electron chi connectivity index (χ2n) is 5.57. The van der Waals surface area contributed by atoms with Gasteiger partial charge in [0.25, 0.3) is 0 Å². The quantitative estimate of drug-likeness (QED) is 0.871. The second kappa shape index (κ2) is 7.17. The molecule has 6 heteroatoms. The number of aromatic nitrogens is 3. The number of nitrogens with one attached hydrogen (secondary N) is 1. The summed E-state index contributed by atoms with van der Waals surface area (Å²) in [5.41, 5.74) is 1.26. The fraction of sp³-hybridized carbons (Fsp3) is 0.438. The summed E-state index contributed by atoms with van der Waals surface area (Å²) in [4.78, 5) is 18.3. The summed E-state index contributed by atoms with van der Waals surface area (Å²) in [6.45, 7) is 3.02. The van der Waals surface area contributed by atoms with Crippen molar-refractivity contribution < 1.29 is 4.79 Å². The number of rotatable bonds is 6. The first-order valence-corrected chi connectivity index (χ1v) is 7.71. The number of hydrogen-bond acceptors (Lipinski definition) is 4. The van der Waals surface area contributed by atoms with Crippen molar-refractivity contribution in [3.63, 3.8) is 0 Å². The lowest BCUT2D eigenvalue weighted by Crippen LogP contribution is -2.38. The Morgan fingerprint density at radius 2 is 2.00 bits per heavy atom. The molecule has 0 saturated carbocycles. The molecular formula is C16H21N5O. The van der Waals surface area contributed by atoms with Crippen LogP contribution in [0, 0.1) is 0 Å². The molecule has 2 heterocycles. The van der Waals surface area contributed by atoms with E-state index in [0.717, 1.165) is 13.1 Å². The van der Waals surface area contributed by atoms with Crippen LogP contribution in [0.25, 0.3) is 0 Å². The Morgan fingerprint density at radius 1 is 1.23 bits per heavy atom. The minimum atomic E-state index is -0.0365. The van der Waals surface area contributed by atoms with Gasteiger partial charge in [0.2, 0.25) is 5.91 Å². The van der Waals surface area contributed by atoms with E-state index >= 15 is 0 Å². The van der Waals surface area contributed by atoms with Crippen molar-refractivity contribution >= 4 is 5.91 Å². The van der Waals surface area contributed by atoms with Crippen molar-refractivity contribution in [3.8, 4) is 0 Å². The number of benzene rings is 1. The van der Waals surface area contributed by atoms with Crippen molar-refractivity contribution in [1.82, 2.24) is 25.0 Å². The molecule has 1 saturated heterocycles. The van der Waals surface area contributed by atoms with E-state index in [4.69, 9.17) is 0 Å². The topological polar surface area (TPSA) is 63.1 Å². The molecule has 1 atom stereocenters. The van der Waals surface area contributed by atoms with Gasteiger partial charge >= 0.3 is 0 Å². The zero-order valence-corrected chi connectivity index (χ0v) is 12.6. The van der Waals surface area contributed by atoms with Crippen molar-refractivity contribution in [2.75, 3.05) is 19.6 Å². The van der Waals surface area contributed by atoms with Gasteiger partial charge in [0.15, 0.2) is 0 Å². The van der Waals surface area contributed by atoms with Gasteiger partial charge in [-0.1, -0.05) is 30.3 Å². The predicted molar refractivity (Wildman–Crippen MR) is 83.0 cm³/mol.